The summed E-state index contributed by atoms with van der Waals surface area (Å²) >= 11 is 3.51. The number of halogens is 1. The van der Waals surface area contributed by atoms with Crippen LogP contribution in [-0.2, 0) is 13.6 Å². The van der Waals surface area contributed by atoms with E-state index < -0.39 is 0 Å². The highest BCUT2D eigenvalue weighted by Gasteiger charge is 2.13. The Bertz CT molecular complexity index is 531. The Morgan fingerprint density at radius 2 is 2.18 bits per heavy atom. The average Bonchev–Trinajstić information content (AvgIpc) is 2.57. The van der Waals surface area contributed by atoms with Gasteiger partial charge in [-0.15, -0.1) is 0 Å². The van der Waals surface area contributed by atoms with E-state index in [1.54, 1.807) is 0 Å². The first-order valence-corrected chi connectivity index (χ1v) is 6.35. The highest BCUT2D eigenvalue weighted by Crippen LogP contribution is 2.25. The van der Waals surface area contributed by atoms with E-state index in [0.29, 0.717) is 0 Å². The van der Waals surface area contributed by atoms with Crippen molar-refractivity contribution in [1.29, 1.82) is 0 Å². The molecule has 0 atom stereocenters. The highest BCUT2D eigenvalue weighted by atomic mass is 79.9. The molecule has 90 valence electrons. The topological polar surface area (TPSA) is 29.9 Å². The van der Waals surface area contributed by atoms with Crippen LogP contribution in [0.2, 0.25) is 0 Å². The highest BCUT2D eigenvalue weighted by molar-refractivity contribution is 9.10. The fourth-order valence-corrected chi connectivity index (χ4v) is 2.47. The SMILES string of the molecule is CNCc1c(Br)nc(-c2cccc(C)c2)n1C. The summed E-state index contributed by atoms with van der Waals surface area (Å²) in [5.41, 5.74) is 3.55. The molecule has 0 unspecified atom stereocenters. The average molecular weight is 294 g/mol. The van der Waals surface area contributed by atoms with Crippen LogP contribution in [0.5, 0.6) is 0 Å². The van der Waals surface area contributed by atoms with Crippen molar-refractivity contribution in [3.8, 4) is 11.4 Å². The Balaban J connectivity index is 2.50. The van der Waals surface area contributed by atoms with E-state index in [9.17, 15) is 0 Å². The maximum absolute atomic E-state index is 4.58. The first kappa shape index (κ1) is 12.3. The molecule has 2 aromatic rings. The second-order valence-electron chi connectivity index (χ2n) is 4.13. The number of aryl methyl sites for hydroxylation is 1. The minimum absolute atomic E-state index is 0.801. The zero-order chi connectivity index (χ0) is 12.4. The quantitative estimate of drug-likeness (QED) is 0.943. The molecule has 1 N–H and O–H groups in total. The van der Waals surface area contributed by atoms with Gasteiger partial charge in [-0.2, -0.15) is 0 Å². The number of nitrogens with zero attached hydrogens (tertiary/aromatic N) is 2. The molecule has 0 aliphatic rings. The Labute approximate surface area is 110 Å². The summed E-state index contributed by atoms with van der Waals surface area (Å²) in [4.78, 5) is 4.58. The van der Waals surface area contributed by atoms with Gasteiger partial charge in [0.2, 0.25) is 0 Å². The molecule has 3 nitrogen and oxygen atoms in total. The first-order chi connectivity index (χ1) is 8.13. The normalized spacial score (nSPS) is 10.8. The van der Waals surface area contributed by atoms with Gasteiger partial charge in [-0.25, -0.2) is 4.98 Å². The molecule has 0 amide bonds. The summed E-state index contributed by atoms with van der Waals surface area (Å²) in [6.45, 7) is 2.89. The van der Waals surface area contributed by atoms with Crippen LogP contribution in [0.1, 0.15) is 11.3 Å². The van der Waals surface area contributed by atoms with Crippen molar-refractivity contribution < 1.29 is 0 Å². The lowest BCUT2D eigenvalue weighted by atomic mass is 10.1. The lowest BCUT2D eigenvalue weighted by Gasteiger charge is -2.06. The third-order valence-electron chi connectivity index (χ3n) is 2.79. The molecule has 1 aromatic heterocycles. The number of hydrogen-bond acceptors (Lipinski definition) is 2. The van der Waals surface area contributed by atoms with Gasteiger partial charge >= 0.3 is 0 Å². The van der Waals surface area contributed by atoms with Crippen molar-refractivity contribution in [2.75, 3.05) is 7.05 Å². The van der Waals surface area contributed by atoms with Crippen molar-refractivity contribution in [3.05, 3.63) is 40.1 Å². The molecule has 0 fully saturated rings. The predicted octanol–water partition coefficient (Wildman–Crippen LogP) is 2.88. The molecule has 0 radical (unpaired) electrons. The van der Waals surface area contributed by atoms with Gasteiger partial charge in [0.1, 0.15) is 10.4 Å². The number of nitrogens with one attached hydrogen (secondary N) is 1. The Morgan fingerprint density at radius 1 is 1.41 bits per heavy atom. The van der Waals surface area contributed by atoms with Gasteiger partial charge < -0.3 is 9.88 Å². The van der Waals surface area contributed by atoms with E-state index in [2.05, 4.69) is 62.0 Å². The number of rotatable bonds is 3. The van der Waals surface area contributed by atoms with E-state index in [-0.39, 0.29) is 0 Å². The molecule has 4 heteroatoms. The van der Waals surface area contributed by atoms with Gasteiger partial charge in [0.05, 0.1) is 5.69 Å². The fourth-order valence-electron chi connectivity index (χ4n) is 1.90. The van der Waals surface area contributed by atoms with Gasteiger partial charge in [0.15, 0.2) is 0 Å². The Hall–Kier alpha value is -1.13. The lowest BCUT2D eigenvalue weighted by Crippen LogP contribution is -2.10. The molecule has 0 saturated heterocycles. The van der Waals surface area contributed by atoms with E-state index >= 15 is 0 Å². The summed E-state index contributed by atoms with van der Waals surface area (Å²) in [5.74, 6) is 0.992. The molecule has 1 aromatic carbocycles. The number of imidazole rings is 1. The zero-order valence-corrected chi connectivity index (χ0v) is 11.9. The van der Waals surface area contributed by atoms with Crippen LogP contribution in [0.25, 0.3) is 11.4 Å². The van der Waals surface area contributed by atoms with Crippen LogP contribution in [0.15, 0.2) is 28.9 Å². The molecule has 0 saturated carbocycles. The summed E-state index contributed by atoms with van der Waals surface area (Å²) < 4.78 is 3.03. The predicted molar refractivity (Wildman–Crippen MR) is 73.8 cm³/mol. The summed E-state index contributed by atoms with van der Waals surface area (Å²) in [7, 11) is 3.98. The fraction of sp³-hybridized carbons (Fsp3) is 0.308. The van der Waals surface area contributed by atoms with Gasteiger partial charge in [0.25, 0.3) is 0 Å². The van der Waals surface area contributed by atoms with Crippen LogP contribution >= 0.6 is 15.9 Å². The number of hydrogen-bond donors (Lipinski definition) is 1. The van der Waals surface area contributed by atoms with Crippen molar-refractivity contribution in [1.82, 2.24) is 14.9 Å². The number of aromatic nitrogens is 2. The van der Waals surface area contributed by atoms with Crippen LogP contribution in [0.3, 0.4) is 0 Å². The molecular formula is C13H16BrN3. The molecule has 1 heterocycles. The van der Waals surface area contributed by atoms with E-state index in [1.165, 1.54) is 5.56 Å². The molecule has 0 spiro atoms. The van der Waals surface area contributed by atoms with E-state index in [0.717, 1.165) is 28.2 Å². The third-order valence-corrected chi connectivity index (χ3v) is 3.42. The van der Waals surface area contributed by atoms with Gasteiger partial charge in [-0.05, 0) is 36.0 Å². The van der Waals surface area contributed by atoms with E-state index in [4.69, 9.17) is 0 Å². The maximum Gasteiger partial charge on any atom is 0.141 e. The van der Waals surface area contributed by atoms with Crippen molar-refractivity contribution >= 4 is 15.9 Å². The van der Waals surface area contributed by atoms with Crippen LogP contribution in [0, 0.1) is 6.92 Å². The zero-order valence-electron chi connectivity index (χ0n) is 10.3. The van der Waals surface area contributed by atoms with Crippen LogP contribution in [0.4, 0.5) is 0 Å². The number of benzene rings is 1. The minimum atomic E-state index is 0.801. The minimum Gasteiger partial charge on any atom is -0.329 e. The summed E-state index contributed by atoms with van der Waals surface area (Å²) in [6, 6.07) is 8.39. The molecule has 0 aliphatic carbocycles. The van der Waals surface area contributed by atoms with Crippen molar-refractivity contribution in [3.63, 3.8) is 0 Å². The van der Waals surface area contributed by atoms with Crippen molar-refractivity contribution in [2.24, 2.45) is 7.05 Å². The largest absolute Gasteiger partial charge is 0.329 e. The maximum atomic E-state index is 4.58. The monoisotopic (exact) mass is 293 g/mol. The lowest BCUT2D eigenvalue weighted by molar-refractivity contribution is 0.734. The molecule has 0 bridgehead atoms. The standard InChI is InChI=1S/C13H16BrN3/c1-9-5-4-6-10(7-9)13-16-12(14)11(8-15-2)17(13)3/h4-7,15H,8H2,1-3H3. The molecule has 17 heavy (non-hydrogen) atoms. The van der Waals surface area contributed by atoms with E-state index in [1.807, 2.05) is 14.1 Å². The third kappa shape index (κ3) is 2.42. The second-order valence-corrected chi connectivity index (χ2v) is 4.88. The molecular weight excluding hydrogens is 278 g/mol. The van der Waals surface area contributed by atoms with Crippen molar-refractivity contribution in [2.45, 2.75) is 13.5 Å². The Morgan fingerprint density at radius 3 is 2.82 bits per heavy atom. The van der Waals surface area contributed by atoms with Gasteiger partial charge in [0, 0.05) is 19.2 Å². The van der Waals surface area contributed by atoms with Crippen LogP contribution in [-0.4, -0.2) is 16.6 Å². The molecule has 2 rings (SSSR count). The summed E-state index contributed by atoms with van der Waals surface area (Å²) in [5, 5.41) is 3.15. The molecule has 0 aliphatic heterocycles. The van der Waals surface area contributed by atoms with Gasteiger partial charge in [-0.1, -0.05) is 23.8 Å². The van der Waals surface area contributed by atoms with Gasteiger partial charge in [-0.3, -0.25) is 0 Å². The smallest absolute Gasteiger partial charge is 0.141 e. The van der Waals surface area contributed by atoms with Crippen LogP contribution < -0.4 is 5.32 Å². The summed E-state index contributed by atoms with van der Waals surface area (Å²) in [6.07, 6.45) is 0. The second kappa shape index (κ2) is 5.02. The first-order valence-electron chi connectivity index (χ1n) is 5.56. The Kier molecular flexibility index (Phi) is 3.64.